The summed E-state index contributed by atoms with van der Waals surface area (Å²) in [5.41, 5.74) is 9.99. The van der Waals surface area contributed by atoms with E-state index in [2.05, 4.69) is 22.9 Å². The van der Waals surface area contributed by atoms with E-state index < -0.39 is 0 Å². The molecule has 0 saturated carbocycles. The fraction of sp³-hybridized carbons (Fsp3) is 0.600. The van der Waals surface area contributed by atoms with Crippen molar-refractivity contribution < 1.29 is 0 Å². The molecule has 2 N–H and O–H groups in total. The lowest BCUT2D eigenvalue weighted by molar-refractivity contribution is 0.395. The third kappa shape index (κ3) is 3.06. The number of anilines is 1. The molecule has 1 fully saturated rings. The van der Waals surface area contributed by atoms with Crippen LogP contribution in [0.3, 0.4) is 0 Å². The van der Waals surface area contributed by atoms with Crippen molar-refractivity contribution in [2.45, 2.75) is 40.0 Å². The monoisotopic (exact) mass is 277 g/mol. The molecule has 4 heteroatoms. The van der Waals surface area contributed by atoms with Crippen LogP contribution in [0.25, 0.3) is 0 Å². The van der Waals surface area contributed by atoms with Crippen molar-refractivity contribution in [2.24, 2.45) is 11.7 Å². The molecular weight excluding hydrogens is 254 g/mol. The number of nitrogens with zero attached hydrogens (tertiary/aromatic N) is 2. The van der Waals surface area contributed by atoms with Gasteiger partial charge in [-0.2, -0.15) is 0 Å². The predicted molar refractivity (Wildman–Crippen MR) is 84.8 cm³/mol. The van der Waals surface area contributed by atoms with E-state index in [1.165, 1.54) is 24.9 Å². The highest BCUT2D eigenvalue weighted by Gasteiger charge is 2.22. The van der Waals surface area contributed by atoms with Gasteiger partial charge in [-0.25, -0.2) is 0 Å². The van der Waals surface area contributed by atoms with Gasteiger partial charge in [-0.3, -0.25) is 4.98 Å². The van der Waals surface area contributed by atoms with Crippen LogP contribution in [0.4, 0.5) is 5.69 Å². The average Bonchev–Trinajstić information content (AvgIpc) is 2.37. The molecule has 1 aliphatic rings. The van der Waals surface area contributed by atoms with Crippen molar-refractivity contribution in [3.8, 4) is 0 Å². The summed E-state index contributed by atoms with van der Waals surface area (Å²) in [7, 11) is 0. The zero-order chi connectivity index (χ0) is 14.0. The molecule has 2 heterocycles. The van der Waals surface area contributed by atoms with Crippen LogP contribution in [0.2, 0.25) is 0 Å². The van der Waals surface area contributed by atoms with Crippen molar-refractivity contribution in [3.05, 3.63) is 23.0 Å². The fourth-order valence-electron chi connectivity index (χ4n) is 2.94. The van der Waals surface area contributed by atoms with Crippen molar-refractivity contribution in [1.82, 2.24) is 4.98 Å². The summed E-state index contributed by atoms with van der Waals surface area (Å²) in [5, 5.41) is 0. The molecule has 0 amide bonds. The van der Waals surface area contributed by atoms with Crippen LogP contribution in [0.5, 0.6) is 0 Å². The van der Waals surface area contributed by atoms with Gasteiger partial charge in [0.15, 0.2) is 0 Å². The van der Waals surface area contributed by atoms with Crippen LogP contribution in [-0.4, -0.2) is 23.1 Å². The number of pyridine rings is 1. The highest BCUT2D eigenvalue weighted by molar-refractivity contribution is 7.80. The lowest BCUT2D eigenvalue weighted by Gasteiger charge is -2.34. The zero-order valence-electron chi connectivity index (χ0n) is 12.1. The maximum absolute atomic E-state index is 5.89. The van der Waals surface area contributed by atoms with Crippen molar-refractivity contribution in [1.29, 1.82) is 0 Å². The summed E-state index contributed by atoms with van der Waals surface area (Å²) in [4.78, 5) is 7.36. The Labute approximate surface area is 121 Å². The second-order valence-corrected chi connectivity index (χ2v) is 5.89. The SMILES string of the molecule is CCC1CCN(c2cc(C)nc(C)c2C(N)=S)CC1. The summed E-state index contributed by atoms with van der Waals surface area (Å²) < 4.78 is 0. The van der Waals surface area contributed by atoms with Crippen molar-refractivity contribution >= 4 is 22.9 Å². The van der Waals surface area contributed by atoms with Crippen LogP contribution >= 0.6 is 12.2 Å². The van der Waals surface area contributed by atoms with E-state index in [4.69, 9.17) is 18.0 Å². The molecule has 0 unspecified atom stereocenters. The number of hydrogen-bond donors (Lipinski definition) is 1. The van der Waals surface area contributed by atoms with E-state index in [0.717, 1.165) is 36.0 Å². The van der Waals surface area contributed by atoms with Crippen molar-refractivity contribution in [3.63, 3.8) is 0 Å². The number of aromatic nitrogens is 1. The van der Waals surface area contributed by atoms with Crippen LogP contribution < -0.4 is 10.6 Å². The van der Waals surface area contributed by atoms with Gasteiger partial charge in [-0.1, -0.05) is 25.6 Å². The average molecular weight is 277 g/mol. The van der Waals surface area contributed by atoms with E-state index in [1.54, 1.807) is 0 Å². The number of rotatable bonds is 3. The molecule has 0 aromatic carbocycles. The smallest absolute Gasteiger partial charge is 0.107 e. The zero-order valence-corrected chi connectivity index (χ0v) is 12.9. The minimum Gasteiger partial charge on any atom is -0.389 e. The van der Waals surface area contributed by atoms with Crippen LogP contribution in [0.1, 0.15) is 43.1 Å². The molecule has 2 rings (SSSR count). The largest absolute Gasteiger partial charge is 0.389 e. The minimum absolute atomic E-state index is 0.456. The van der Waals surface area contributed by atoms with Crippen molar-refractivity contribution in [2.75, 3.05) is 18.0 Å². The molecule has 1 saturated heterocycles. The van der Waals surface area contributed by atoms with E-state index >= 15 is 0 Å². The second-order valence-electron chi connectivity index (χ2n) is 5.45. The highest BCUT2D eigenvalue weighted by atomic mass is 32.1. The van der Waals surface area contributed by atoms with Crippen LogP contribution in [0, 0.1) is 19.8 Å². The normalized spacial score (nSPS) is 16.7. The van der Waals surface area contributed by atoms with E-state index in [0.29, 0.717) is 4.99 Å². The van der Waals surface area contributed by atoms with Gasteiger partial charge in [0.05, 0.1) is 11.3 Å². The summed E-state index contributed by atoms with van der Waals surface area (Å²) in [6.45, 7) is 8.48. The first-order valence-electron chi connectivity index (χ1n) is 7.06. The minimum atomic E-state index is 0.456. The number of nitrogens with two attached hydrogens (primary N) is 1. The van der Waals surface area contributed by atoms with Gasteiger partial charge < -0.3 is 10.6 Å². The Morgan fingerprint density at radius 2 is 2.05 bits per heavy atom. The quantitative estimate of drug-likeness (QED) is 0.863. The van der Waals surface area contributed by atoms with E-state index in [-0.39, 0.29) is 0 Å². The van der Waals surface area contributed by atoms with E-state index in [9.17, 15) is 0 Å². The van der Waals surface area contributed by atoms with Gasteiger partial charge in [0, 0.05) is 24.5 Å². The molecule has 0 spiro atoms. The van der Waals surface area contributed by atoms with Crippen LogP contribution in [0.15, 0.2) is 6.07 Å². The summed E-state index contributed by atoms with van der Waals surface area (Å²) in [6, 6.07) is 2.12. The number of piperidine rings is 1. The lowest BCUT2D eigenvalue weighted by Crippen LogP contribution is -2.35. The fourth-order valence-corrected chi connectivity index (χ4v) is 3.20. The molecule has 1 aromatic heterocycles. The molecule has 0 aliphatic carbocycles. The molecular formula is C15H23N3S. The Morgan fingerprint density at radius 1 is 1.42 bits per heavy atom. The Balaban J connectivity index is 2.31. The van der Waals surface area contributed by atoms with Gasteiger partial charge in [0.1, 0.15) is 4.99 Å². The number of thiocarbonyl (C=S) groups is 1. The first kappa shape index (κ1) is 14.3. The molecule has 1 aliphatic heterocycles. The molecule has 0 bridgehead atoms. The second kappa shape index (κ2) is 5.87. The maximum Gasteiger partial charge on any atom is 0.107 e. The molecule has 1 aromatic rings. The highest BCUT2D eigenvalue weighted by Crippen LogP contribution is 2.29. The van der Waals surface area contributed by atoms with Gasteiger partial charge in [-0.15, -0.1) is 0 Å². The molecule has 19 heavy (non-hydrogen) atoms. The summed E-state index contributed by atoms with van der Waals surface area (Å²) in [6.07, 6.45) is 3.80. The Morgan fingerprint density at radius 3 is 2.58 bits per heavy atom. The van der Waals surface area contributed by atoms with Gasteiger partial charge in [0.2, 0.25) is 0 Å². The Bertz CT molecular complexity index is 477. The first-order chi connectivity index (χ1) is 9.02. The number of hydrogen-bond acceptors (Lipinski definition) is 3. The lowest BCUT2D eigenvalue weighted by atomic mass is 9.93. The van der Waals surface area contributed by atoms with Crippen LogP contribution in [-0.2, 0) is 0 Å². The van der Waals surface area contributed by atoms with Gasteiger partial charge in [-0.05, 0) is 38.7 Å². The standard InChI is InChI=1S/C15H23N3S/c1-4-12-5-7-18(8-6-12)13-9-10(2)17-11(3)14(13)15(16)19/h9,12H,4-8H2,1-3H3,(H2,16,19). The first-order valence-corrected chi connectivity index (χ1v) is 7.46. The number of aryl methyl sites for hydroxylation is 2. The van der Waals surface area contributed by atoms with Gasteiger partial charge >= 0.3 is 0 Å². The molecule has 3 nitrogen and oxygen atoms in total. The molecule has 0 atom stereocenters. The summed E-state index contributed by atoms with van der Waals surface area (Å²) in [5.74, 6) is 0.869. The Kier molecular flexibility index (Phi) is 4.40. The molecule has 104 valence electrons. The third-order valence-electron chi connectivity index (χ3n) is 4.09. The molecule has 0 radical (unpaired) electrons. The van der Waals surface area contributed by atoms with Gasteiger partial charge in [0.25, 0.3) is 0 Å². The maximum atomic E-state index is 5.89. The predicted octanol–water partition coefficient (Wildman–Crippen LogP) is 2.96. The topological polar surface area (TPSA) is 42.2 Å². The summed E-state index contributed by atoms with van der Waals surface area (Å²) >= 11 is 5.21. The van der Waals surface area contributed by atoms with E-state index in [1.807, 2.05) is 13.8 Å². The third-order valence-corrected chi connectivity index (χ3v) is 4.29. The Hall–Kier alpha value is -1.16.